The van der Waals surface area contributed by atoms with E-state index in [1.54, 1.807) is 6.07 Å². The first-order valence-electron chi connectivity index (χ1n) is 9.72. The molecule has 2 heterocycles. The molecule has 32 heavy (non-hydrogen) atoms. The summed E-state index contributed by atoms with van der Waals surface area (Å²) < 4.78 is 59.2. The second kappa shape index (κ2) is 9.26. The summed E-state index contributed by atoms with van der Waals surface area (Å²) >= 11 is 7.36. The SMILES string of the molecule is CN(c1ccc(S(=O)(=O)Nc2ncns2)cc1Cl)C1CCN(Cc2c(F)cccc2F)C1. The van der Waals surface area contributed by atoms with Gasteiger partial charge in [0.25, 0.3) is 10.0 Å². The molecule has 0 amide bonds. The zero-order valence-corrected chi connectivity index (χ0v) is 19.4. The predicted octanol–water partition coefficient (Wildman–Crippen LogP) is 3.98. The molecule has 0 aliphatic carbocycles. The van der Waals surface area contributed by atoms with Gasteiger partial charge in [0.2, 0.25) is 5.13 Å². The Morgan fingerprint density at radius 1 is 1.28 bits per heavy atom. The van der Waals surface area contributed by atoms with Gasteiger partial charge in [0.15, 0.2) is 0 Å². The largest absolute Gasteiger partial charge is 0.369 e. The number of hydrogen-bond donors (Lipinski definition) is 1. The zero-order chi connectivity index (χ0) is 22.9. The summed E-state index contributed by atoms with van der Waals surface area (Å²) in [5.41, 5.74) is 0.733. The molecule has 12 heteroatoms. The van der Waals surface area contributed by atoms with Crippen LogP contribution >= 0.6 is 23.1 Å². The molecule has 1 aromatic heterocycles. The number of sulfonamides is 1. The zero-order valence-electron chi connectivity index (χ0n) is 17.0. The van der Waals surface area contributed by atoms with E-state index in [0.29, 0.717) is 18.8 Å². The Bertz CT molecular complexity index is 1190. The number of likely N-dealkylation sites (N-methyl/N-ethyl adjacent to an activating group) is 1. The van der Waals surface area contributed by atoms with Crippen LogP contribution in [0.4, 0.5) is 19.6 Å². The number of nitrogens with one attached hydrogen (secondary N) is 1. The van der Waals surface area contributed by atoms with E-state index in [2.05, 4.69) is 14.1 Å². The van der Waals surface area contributed by atoms with Gasteiger partial charge in [-0.1, -0.05) is 17.7 Å². The summed E-state index contributed by atoms with van der Waals surface area (Å²) in [6, 6.07) is 8.44. The molecule has 1 fully saturated rings. The second-order valence-corrected chi connectivity index (χ2v) is 10.3. The summed E-state index contributed by atoms with van der Waals surface area (Å²) in [7, 11) is -1.98. The maximum absolute atomic E-state index is 14.0. The van der Waals surface area contributed by atoms with Crippen LogP contribution in [-0.4, -0.2) is 48.9 Å². The molecule has 2 aromatic carbocycles. The monoisotopic (exact) mass is 499 g/mol. The molecule has 1 saturated heterocycles. The van der Waals surface area contributed by atoms with E-state index in [-0.39, 0.29) is 33.2 Å². The highest BCUT2D eigenvalue weighted by atomic mass is 35.5. The molecule has 4 rings (SSSR count). The quantitative estimate of drug-likeness (QED) is 0.530. The molecule has 0 saturated carbocycles. The third-order valence-electron chi connectivity index (χ3n) is 5.43. The van der Waals surface area contributed by atoms with Gasteiger partial charge in [-0.15, -0.1) is 0 Å². The Morgan fingerprint density at radius 2 is 2.03 bits per heavy atom. The number of benzene rings is 2. The van der Waals surface area contributed by atoms with E-state index in [4.69, 9.17) is 11.6 Å². The van der Waals surface area contributed by atoms with Gasteiger partial charge < -0.3 is 4.90 Å². The summed E-state index contributed by atoms with van der Waals surface area (Å²) in [5.74, 6) is -1.10. The van der Waals surface area contributed by atoms with Crippen molar-refractivity contribution in [2.24, 2.45) is 0 Å². The lowest BCUT2D eigenvalue weighted by molar-refractivity contribution is 0.313. The van der Waals surface area contributed by atoms with Crippen molar-refractivity contribution in [3.63, 3.8) is 0 Å². The van der Waals surface area contributed by atoms with Crippen molar-refractivity contribution in [2.45, 2.75) is 23.9 Å². The number of halogens is 3. The van der Waals surface area contributed by atoms with Gasteiger partial charge in [0.05, 0.1) is 15.6 Å². The van der Waals surface area contributed by atoms with Gasteiger partial charge in [-0.3, -0.25) is 9.62 Å². The first kappa shape index (κ1) is 22.8. The van der Waals surface area contributed by atoms with Crippen LogP contribution in [0.2, 0.25) is 5.02 Å². The third-order valence-corrected chi connectivity index (χ3v) is 7.78. The highest BCUT2D eigenvalue weighted by Crippen LogP contribution is 2.32. The molecule has 1 N–H and O–H groups in total. The van der Waals surface area contributed by atoms with Gasteiger partial charge in [0.1, 0.15) is 18.0 Å². The van der Waals surface area contributed by atoms with Gasteiger partial charge in [-0.05, 0) is 36.8 Å². The number of aromatic nitrogens is 2. The number of nitrogens with zero attached hydrogens (tertiary/aromatic N) is 4. The lowest BCUT2D eigenvalue weighted by Crippen LogP contribution is -2.34. The van der Waals surface area contributed by atoms with Crippen LogP contribution in [0.15, 0.2) is 47.6 Å². The molecule has 1 atom stereocenters. The van der Waals surface area contributed by atoms with Crippen LogP contribution in [0.1, 0.15) is 12.0 Å². The van der Waals surface area contributed by atoms with E-state index >= 15 is 0 Å². The molecule has 0 bridgehead atoms. The predicted molar refractivity (Wildman–Crippen MR) is 121 cm³/mol. The maximum atomic E-state index is 14.0. The molecular formula is C20H20ClF2N5O2S2. The number of hydrogen-bond acceptors (Lipinski definition) is 7. The van der Waals surface area contributed by atoms with Crippen LogP contribution in [-0.2, 0) is 16.6 Å². The molecule has 1 unspecified atom stereocenters. The summed E-state index contributed by atoms with van der Waals surface area (Å²) in [6.07, 6.45) is 2.04. The number of rotatable bonds is 7. The average molecular weight is 500 g/mol. The molecule has 7 nitrogen and oxygen atoms in total. The Morgan fingerprint density at radius 3 is 2.69 bits per heavy atom. The van der Waals surface area contributed by atoms with E-state index in [1.165, 1.54) is 36.7 Å². The minimum absolute atomic E-state index is 0.0120. The minimum Gasteiger partial charge on any atom is -0.369 e. The molecule has 3 aromatic rings. The van der Waals surface area contributed by atoms with Crippen molar-refractivity contribution >= 4 is 44.0 Å². The van der Waals surface area contributed by atoms with E-state index in [0.717, 1.165) is 18.0 Å². The summed E-state index contributed by atoms with van der Waals surface area (Å²) in [4.78, 5) is 7.79. The van der Waals surface area contributed by atoms with Gasteiger partial charge in [-0.2, -0.15) is 4.37 Å². The van der Waals surface area contributed by atoms with E-state index in [9.17, 15) is 17.2 Å². The normalized spacial score (nSPS) is 16.9. The van der Waals surface area contributed by atoms with Crippen molar-refractivity contribution < 1.29 is 17.2 Å². The maximum Gasteiger partial charge on any atom is 0.263 e. The van der Waals surface area contributed by atoms with Crippen LogP contribution in [0.5, 0.6) is 0 Å². The molecule has 0 radical (unpaired) electrons. The van der Waals surface area contributed by atoms with Crippen molar-refractivity contribution in [3.8, 4) is 0 Å². The molecule has 1 aliphatic rings. The second-order valence-electron chi connectivity index (χ2n) is 7.45. The highest BCUT2D eigenvalue weighted by molar-refractivity contribution is 7.93. The summed E-state index contributed by atoms with van der Waals surface area (Å²) in [5, 5.41) is 0.450. The van der Waals surface area contributed by atoms with Crippen molar-refractivity contribution in [1.82, 2.24) is 14.3 Å². The third kappa shape index (κ3) is 4.85. The van der Waals surface area contributed by atoms with E-state index in [1.807, 2.05) is 16.8 Å². The number of anilines is 2. The Hall–Kier alpha value is -2.34. The highest BCUT2D eigenvalue weighted by Gasteiger charge is 2.28. The Labute approximate surface area is 193 Å². The standard InChI is InChI=1S/C20H20ClF2N5O2S2/c1-27(13-7-8-28(10-13)11-15-17(22)3-2-4-18(15)23)19-6-5-14(9-16(19)21)32(29,30)26-20-24-12-25-31-20/h2-6,9,12-13H,7-8,10-11H2,1H3,(H,24,25,26). The van der Waals surface area contributed by atoms with Crippen molar-refractivity contribution in [2.75, 3.05) is 29.8 Å². The Kier molecular flexibility index (Phi) is 6.61. The van der Waals surface area contributed by atoms with Crippen LogP contribution in [0.3, 0.4) is 0 Å². The number of likely N-dealkylation sites (tertiary alicyclic amines) is 1. The van der Waals surface area contributed by atoms with Gasteiger partial charge >= 0.3 is 0 Å². The first-order valence-corrected chi connectivity index (χ1v) is 12.3. The fourth-order valence-electron chi connectivity index (χ4n) is 3.71. The van der Waals surface area contributed by atoms with Crippen molar-refractivity contribution in [1.29, 1.82) is 0 Å². The van der Waals surface area contributed by atoms with E-state index < -0.39 is 21.7 Å². The Balaban J connectivity index is 1.45. The smallest absolute Gasteiger partial charge is 0.263 e. The molecule has 0 spiro atoms. The van der Waals surface area contributed by atoms with Gasteiger partial charge in [-0.25, -0.2) is 22.2 Å². The summed E-state index contributed by atoms with van der Waals surface area (Å²) in [6.45, 7) is 1.46. The first-order chi connectivity index (χ1) is 15.2. The lowest BCUT2D eigenvalue weighted by Gasteiger charge is -2.28. The minimum atomic E-state index is -3.84. The average Bonchev–Trinajstić information content (AvgIpc) is 3.42. The lowest BCUT2D eigenvalue weighted by atomic mass is 10.2. The molecule has 1 aliphatic heterocycles. The van der Waals surface area contributed by atoms with Crippen LogP contribution in [0.25, 0.3) is 0 Å². The topological polar surface area (TPSA) is 78.4 Å². The molecular weight excluding hydrogens is 480 g/mol. The molecule has 170 valence electrons. The fraction of sp³-hybridized carbons (Fsp3) is 0.300. The van der Waals surface area contributed by atoms with Crippen LogP contribution in [0, 0.1) is 11.6 Å². The van der Waals surface area contributed by atoms with Crippen molar-refractivity contribution in [3.05, 3.63) is 64.9 Å². The fourth-order valence-corrected chi connectivity index (χ4v) is 5.77. The van der Waals surface area contributed by atoms with Crippen LogP contribution < -0.4 is 9.62 Å². The van der Waals surface area contributed by atoms with Gasteiger partial charge in [0, 0.05) is 49.8 Å².